The highest BCUT2D eigenvalue weighted by molar-refractivity contribution is 5.97. The van der Waals surface area contributed by atoms with Gasteiger partial charge in [-0.2, -0.15) is 0 Å². The Hall–Kier alpha value is -2.69. The van der Waals surface area contributed by atoms with Gasteiger partial charge in [0.2, 0.25) is 0 Å². The predicted molar refractivity (Wildman–Crippen MR) is 92.9 cm³/mol. The van der Waals surface area contributed by atoms with Gasteiger partial charge in [0.05, 0.1) is 16.8 Å². The number of para-hydroxylation sites is 1. The molecule has 1 fully saturated rings. The first kappa shape index (κ1) is 14.9. The monoisotopic (exact) mass is 320 g/mol. The van der Waals surface area contributed by atoms with Crippen LogP contribution in [0.2, 0.25) is 0 Å². The first-order valence-electron chi connectivity index (χ1n) is 8.26. The Morgan fingerprint density at radius 2 is 2.12 bits per heavy atom. The number of amides is 1. The van der Waals surface area contributed by atoms with Crippen LogP contribution in [0.3, 0.4) is 0 Å². The zero-order valence-corrected chi connectivity index (χ0v) is 13.9. The first-order valence-corrected chi connectivity index (χ1v) is 8.26. The van der Waals surface area contributed by atoms with Crippen LogP contribution < -0.4 is 0 Å². The van der Waals surface area contributed by atoms with Crippen LogP contribution in [0.5, 0.6) is 0 Å². The van der Waals surface area contributed by atoms with Crippen molar-refractivity contribution in [2.75, 3.05) is 13.1 Å². The van der Waals surface area contributed by atoms with Crippen molar-refractivity contribution in [2.24, 2.45) is 7.05 Å². The summed E-state index contributed by atoms with van der Waals surface area (Å²) in [7, 11) is 2.02. The zero-order chi connectivity index (χ0) is 16.7. The molecule has 3 heterocycles. The van der Waals surface area contributed by atoms with E-state index in [0.29, 0.717) is 11.5 Å². The summed E-state index contributed by atoms with van der Waals surface area (Å²) in [6, 6.07) is 9.80. The van der Waals surface area contributed by atoms with E-state index in [1.165, 1.54) is 0 Å². The van der Waals surface area contributed by atoms with Crippen LogP contribution in [0, 0.1) is 6.92 Å². The Morgan fingerprint density at radius 3 is 2.92 bits per heavy atom. The predicted octanol–water partition coefficient (Wildman–Crippen LogP) is 2.91. The summed E-state index contributed by atoms with van der Waals surface area (Å²) in [6.45, 7) is 3.49. The first-order chi connectivity index (χ1) is 11.6. The minimum atomic E-state index is 0.0571. The molecule has 1 amide bonds. The molecule has 0 radical (unpaired) electrons. The second-order valence-corrected chi connectivity index (χ2v) is 6.50. The lowest BCUT2D eigenvalue weighted by molar-refractivity contribution is 0.0790. The van der Waals surface area contributed by atoms with E-state index >= 15 is 0 Å². The molecule has 0 saturated carbocycles. The number of imidazole rings is 1. The number of hydrogen-bond acceptors (Lipinski definition) is 3. The molecule has 3 aromatic rings. The van der Waals surface area contributed by atoms with Crippen molar-refractivity contribution in [1.29, 1.82) is 0 Å². The van der Waals surface area contributed by atoms with E-state index < -0.39 is 0 Å². The van der Waals surface area contributed by atoms with Crippen molar-refractivity contribution in [1.82, 2.24) is 19.4 Å². The number of fused-ring (bicyclic) bond motifs is 1. The molecule has 122 valence electrons. The smallest absolute Gasteiger partial charge is 0.255 e. The lowest BCUT2D eigenvalue weighted by Gasteiger charge is -2.16. The summed E-state index contributed by atoms with van der Waals surface area (Å²) < 4.78 is 2.07. The van der Waals surface area contributed by atoms with Gasteiger partial charge in [-0.1, -0.05) is 18.2 Å². The molecule has 0 unspecified atom stereocenters. The fourth-order valence-corrected chi connectivity index (χ4v) is 3.54. The maximum atomic E-state index is 12.8. The highest BCUT2D eigenvalue weighted by Gasteiger charge is 2.30. The van der Waals surface area contributed by atoms with Gasteiger partial charge < -0.3 is 9.47 Å². The van der Waals surface area contributed by atoms with E-state index in [-0.39, 0.29) is 5.91 Å². The number of carbonyl (C=O) groups is 1. The second kappa shape index (κ2) is 5.74. The molecule has 0 N–H and O–H groups in total. The highest BCUT2D eigenvalue weighted by atomic mass is 16.2. The average Bonchev–Trinajstić information content (AvgIpc) is 3.20. The number of carbonyl (C=O) groups excluding carboxylic acids is 1. The van der Waals surface area contributed by atoms with Gasteiger partial charge in [-0.25, -0.2) is 4.98 Å². The molecule has 2 aromatic heterocycles. The Morgan fingerprint density at radius 1 is 1.29 bits per heavy atom. The van der Waals surface area contributed by atoms with Crippen molar-refractivity contribution < 1.29 is 4.79 Å². The van der Waals surface area contributed by atoms with Gasteiger partial charge in [0.15, 0.2) is 0 Å². The SMILES string of the molecule is Cc1cn(C)c([C@H]2CCN(C(=O)c3cnc4ccccc4c3)C2)n1. The number of likely N-dealkylation sites (tertiary alicyclic amines) is 1. The largest absolute Gasteiger partial charge is 0.338 e. The molecule has 1 aliphatic heterocycles. The molecule has 4 rings (SSSR count). The molecular weight excluding hydrogens is 300 g/mol. The van der Waals surface area contributed by atoms with Crippen LogP contribution in [0.15, 0.2) is 42.7 Å². The van der Waals surface area contributed by atoms with E-state index in [4.69, 9.17) is 0 Å². The van der Waals surface area contributed by atoms with Crippen molar-refractivity contribution in [3.05, 3.63) is 59.8 Å². The third-order valence-corrected chi connectivity index (χ3v) is 4.71. The van der Waals surface area contributed by atoms with Crippen LogP contribution in [-0.2, 0) is 7.05 Å². The van der Waals surface area contributed by atoms with Gasteiger partial charge in [0, 0.05) is 43.8 Å². The number of nitrogens with zero attached hydrogens (tertiary/aromatic N) is 4. The maximum Gasteiger partial charge on any atom is 0.255 e. The van der Waals surface area contributed by atoms with Crippen molar-refractivity contribution >= 4 is 16.8 Å². The molecule has 0 bridgehead atoms. The number of benzene rings is 1. The van der Waals surface area contributed by atoms with E-state index in [1.807, 2.05) is 55.4 Å². The van der Waals surface area contributed by atoms with Gasteiger partial charge in [-0.05, 0) is 25.5 Å². The zero-order valence-electron chi connectivity index (χ0n) is 13.9. The molecule has 5 nitrogen and oxygen atoms in total. The Labute approximate surface area is 140 Å². The summed E-state index contributed by atoms with van der Waals surface area (Å²) >= 11 is 0. The molecule has 0 spiro atoms. The standard InChI is InChI=1S/C19H20N4O/c1-13-11-22(2)18(21-13)15-7-8-23(12-15)19(24)16-9-14-5-3-4-6-17(14)20-10-16/h3-6,9-11,15H,7-8,12H2,1-2H3/t15-/m0/s1. The van der Waals surface area contributed by atoms with E-state index in [0.717, 1.165) is 41.9 Å². The van der Waals surface area contributed by atoms with Gasteiger partial charge >= 0.3 is 0 Å². The Kier molecular flexibility index (Phi) is 3.56. The Balaban J connectivity index is 1.55. The summed E-state index contributed by atoms with van der Waals surface area (Å²) in [5.41, 5.74) is 2.60. The fraction of sp³-hybridized carbons (Fsp3) is 0.316. The summed E-state index contributed by atoms with van der Waals surface area (Å²) in [5, 5.41) is 0.999. The van der Waals surface area contributed by atoms with Gasteiger partial charge in [0.1, 0.15) is 5.82 Å². The van der Waals surface area contributed by atoms with Crippen LogP contribution in [0.25, 0.3) is 10.9 Å². The van der Waals surface area contributed by atoms with E-state index in [2.05, 4.69) is 14.5 Å². The minimum absolute atomic E-state index is 0.0571. The number of hydrogen-bond donors (Lipinski definition) is 0. The van der Waals surface area contributed by atoms with Gasteiger partial charge in [-0.3, -0.25) is 9.78 Å². The summed E-state index contributed by atoms with van der Waals surface area (Å²) in [4.78, 5) is 23.8. The van der Waals surface area contributed by atoms with Crippen LogP contribution in [-0.4, -0.2) is 38.4 Å². The molecule has 1 saturated heterocycles. The van der Waals surface area contributed by atoms with Gasteiger partial charge in [0.25, 0.3) is 5.91 Å². The number of aryl methyl sites for hydroxylation is 2. The molecule has 1 aliphatic rings. The van der Waals surface area contributed by atoms with Crippen LogP contribution >= 0.6 is 0 Å². The third-order valence-electron chi connectivity index (χ3n) is 4.71. The molecule has 1 atom stereocenters. The van der Waals surface area contributed by atoms with Crippen molar-refractivity contribution in [3.8, 4) is 0 Å². The molecular formula is C19H20N4O. The normalized spacial score (nSPS) is 17.6. The second-order valence-electron chi connectivity index (χ2n) is 6.50. The number of pyridine rings is 1. The van der Waals surface area contributed by atoms with E-state index in [1.54, 1.807) is 6.20 Å². The topological polar surface area (TPSA) is 51.0 Å². The molecule has 0 aliphatic carbocycles. The lowest BCUT2D eigenvalue weighted by Crippen LogP contribution is -2.28. The maximum absolute atomic E-state index is 12.8. The summed E-state index contributed by atoms with van der Waals surface area (Å²) in [6.07, 6.45) is 4.67. The third kappa shape index (κ3) is 2.56. The minimum Gasteiger partial charge on any atom is -0.338 e. The summed E-state index contributed by atoms with van der Waals surface area (Å²) in [5.74, 6) is 1.43. The van der Waals surface area contributed by atoms with Gasteiger partial charge in [-0.15, -0.1) is 0 Å². The van der Waals surface area contributed by atoms with Crippen LogP contribution in [0.4, 0.5) is 0 Å². The lowest BCUT2D eigenvalue weighted by atomic mass is 10.1. The van der Waals surface area contributed by atoms with E-state index in [9.17, 15) is 4.79 Å². The fourth-order valence-electron chi connectivity index (χ4n) is 3.54. The number of aromatic nitrogens is 3. The molecule has 24 heavy (non-hydrogen) atoms. The highest BCUT2D eigenvalue weighted by Crippen LogP contribution is 2.27. The van der Waals surface area contributed by atoms with Crippen molar-refractivity contribution in [2.45, 2.75) is 19.3 Å². The molecule has 1 aromatic carbocycles. The van der Waals surface area contributed by atoms with Crippen molar-refractivity contribution in [3.63, 3.8) is 0 Å². The van der Waals surface area contributed by atoms with Crippen LogP contribution in [0.1, 0.15) is 34.2 Å². The molecule has 5 heteroatoms. The quantitative estimate of drug-likeness (QED) is 0.729. The average molecular weight is 320 g/mol. The number of rotatable bonds is 2. The Bertz CT molecular complexity index is 915.